The van der Waals surface area contributed by atoms with Crippen molar-refractivity contribution in [3.05, 3.63) is 90.5 Å². The van der Waals surface area contributed by atoms with Crippen LogP contribution in [0.5, 0.6) is 23.0 Å². The van der Waals surface area contributed by atoms with E-state index in [9.17, 15) is 4.79 Å². The Morgan fingerprint density at radius 3 is 1.75 bits per heavy atom. The van der Waals surface area contributed by atoms with E-state index in [0.717, 1.165) is 16.7 Å². The molecule has 0 saturated heterocycles. The fraction of sp³-hybridized carbons (Fsp3) is 0.344. The zero-order chi connectivity index (χ0) is 28.2. The second-order valence-electron chi connectivity index (χ2n) is 9.23. The monoisotopic (exact) mass is 548 g/mol. The van der Waals surface area contributed by atoms with Gasteiger partial charge in [0.2, 0.25) is 0 Å². The van der Waals surface area contributed by atoms with Gasteiger partial charge in [0.15, 0.2) is 28.6 Å². The van der Waals surface area contributed by atoms with Crippen LogP contribution in [-0.4, -0.2) is 58.8 Å². The maximum absolute atomic E-state index is 12.4. The summed E-state index contributed by atoms with van der Waals surface area (Å²) in [6.45, 7) is 9.16. The number of ether oxygens (including phenoxy) is 7. The first-order chi connectivity index (χ1) is 19.5. The summed E-state index contributed by atoms with van der Waals surface area (Å²) in [7, 11) is 0. The molecule has 0 spiro atoms. The lowest BCUT2D eigenvalue weighted by Crippen LogP contribution is -2.43. The van der Waals surface area contributed by atoms with Crippen LogP contribution >= 0.6 is 0 Å². The van der Waals surface area contributed by atoms with Gasteiger partial charge in [0.1, 0.15) is 33.0 Å². The molecule has 0 N–H and O–H groups in total. The van der Waals surface area contributed by atoms with E-state index in [4.69, 9.17) is 33.2 Å². The fourth-order valence-corrected chi connectivity index (χ4v) is 4.12. The van der Waals surface area contributed by atoms with Crippen LogP contribution in [0.25, 0.3) is 5.57 Å². The van der Waals surface area contributed by atoms with Crippen LogP contribution in [-0.2, 0) is 24.6 Å². The van der Waals surface area contributed by atoms with Gasteiger partial charge in [0, 0.05) is 0 Å². The third-order valence-corrected chi connectivity index (χ3v) is 6.27. The molecule has 3 aromatic carbocycles. The average molecular weight is 549 g/mol. The van der Waals surface area contributed by atoms with Gasteiger partial charge in [0.25, 0.3) is 0 Å². The Labute approximate surface area is 235 Å². The Balaban J connectivity index is 1.75. The summed E-state index contributed by atoms with van der Waals surface area (Å²) in [5, 5.41) is 0. The number of hydrogen-bond acceptors (Lipinski definition) is 8. The molecule has 0 unspecified atom stereocenters. The number of carbonyl (C=O) groups excluding carboxylic acids is 1. The quantitative estimate of drug-likeness (QED) is 0.377. The van der Waals surface area contributed by atoms with Crippen molar-refractivity contribution in [2.24, 2.45) is 0 Å². The highest BCUT2D eigenvalue weighted by molar-refractivity contribution is 5.70. The number of allylic oxidation sites excluding steroid dienone is 1. The largest absolute Gasteiger partial charge is 0.487 e. The Kier molecular flexibility index (Phi) is 10.4. The summed E-state index contributed by atoms with van der Waals surface area (Å²) in [4.78, 5) is 12.4. The zero-order valence-electron chi connectivity index (χ0n) is 23.1. The van der Waals surface area contributed by atoms with Crippen molar-refractivity contribution in [3.63, 3.8) is 0 Å². The summed E-state index contributed by atoms with van der Waals surface area (Å²) in [6, 6.07) is 22.6. The summed E-state index contributed by atoms with van der Waals surface area (Å²) in [6.07, 6.45) is 0. The van der Waals surface area contributed by atoms with E-state index in [2.05, 4.69) is 6.58 Å². The summed E-state index contributed by atoms with van der Waals surface area (Å²) < 4.78 is 41.8. The topological polar surface area (TPSA) is 81.7 Å². The SMILES string of the molecule is C=C(C)c1ccc(C2(OCC(=O)OCC)COc3ccccc3OCCOCCOc3ccccc3OC2)cc1. The maximum Gasteiger partial charge on any atom is 0.332 e. The van der Waals surface area contributed by atoms with Crippen molar-refractivity contribution in [2.75, 3.05) is 52.9 Å². The van der Waals surface area contributed by atoms with Gasteiger partial charge < -0.3 is 33.2 Å². The molecular weight excluding hydrogens is 512 g/mol. The smallest absolute Gasteiger partial charge is 0.332 e. The number of hydrogen-bond donors (Lipinski definition) is 0. The van der Waals surface area contributed by atoms with Gasteiger partial charge in [-0.05, 0) is 49.2 Å². The number of rotatable bonds is 6. The van der Waals surface area contributed by atoms with Crippen LogP contribution < -0.4 is 18.9 Å². The number of benzene rings is 3. The fourth-order valence-electron chi connectivity index (χ4n) is 4.12. The molecule has 212 valence electrons. The zero-order valence-corrected chi connectivity index (χ0v) is 23.1. The Morgan fingerprint density at radius 1 is 0.775 bits per heavy atom. The van der Waals surface area contributed by atoms with Crippen molar-refractivity contribution in [1.82, 2.24) is 0 Å². The Morgan fingerprint density at radius 2 is 1.27 bits per heavy atom. The van der Waals surface area contributed by atoms with Crippen LogP contribution in [0.3, 0.4) is 0 Å². The van der Waals surface area contributed by atoms with Crippen molar-refractivity contribution >= 4 is 11.5 Å². The minimum Gasteiger partial charge on any atom is -0.487 e. The van der Waals surface area contributed by atoms with Crippen LogP contribution in [0.4, 0.5) is 0 Å². The summed E-state index contributed by atoms with van der Waals surface area (Å²) >= 11 is 0. The third kappa shape index (κ3) is 7.77. The Bertz CT molecular complexity index is 1200. The molecule has 0 aromatic heterocycles. The molecule has 0 bridgehead atoms. The molecule has 1 aliphatic rings. The van der Waals surface area contributed by atoms with E-state index >= 15 is 0 Å². The van der Waals surface area contributed by atoms with E-state index in [-0.39, 0.29) is 26.4 Å². The van der Waals surface area contributed by atoms with E-state index in [0.29, 0.717) is 49.4 Å². The van der Waals surface area contributed by atoms with Crippen LogP contribution in [0.15, 0.2) is 79.4 Å². The standard InChI is InChI=1S/C32H36O8/c1-4-35-31(33)21-40-32(26-15-13-25(14-16-26)24(2)3)22-38-29-11-7-5-9-27(29)36-19-17-34-18-20-37-28-10-6-8-12-30(28)39-23-32/h5-16H,2,4,17-23H2,1,3H3. The average Bonchev–Trinajstić information content (AvgIpc) is 2.97. The highest BCUT2D eigenvalue weighted by atomic mass is 16.6. The summed E-state index contributed by atoms with van der Waals surface area (Å²) in [5.41, 5.74) is 1.47. The Hall–Kier alpha value is -4.01. The predicted octanol–water partition coefficient (Wildman–Crippen LogP) is 5.44. The van der Waals surface area contributed by atoms with Crippen molar-refractivity contribution in [2.45, 2.75) is 19.4 Å². The van der Waals surface area contributed by atoms with Gasteiger partial charge in [-0.15, -0.1) is 0 Å². The van der Waals surface area contributed by atoms with Crippen LogP contribution in [0.1, 0.15) is 25.0 Å². The molecule has 1 aliphatic heterocycles. The second-order valence-corrected chi connectivity index (χ2v) is 9.23. The normalized spacial score (nSPS) is 15.6. The van der Waals surface area contributed by atoms with Crippen molar-refractivity contribution < 1.29 is 38.0 Å². The van der Waals surface area contributed by atoms with E-state index < -0.39 is 11.6 Å². The number of fused-ring (bicyclic) bond motifs is 2. The lowest BCUT2D eigenvalue weighted by atomic mass is 9.93. The molecule has 8 heteroatoms. The highest BCUT2D eigenvalue weighted by Gasteiger charge is 2.38. The maximum atomic E-state index is 12.4. The molecule has 0 amide bonds. The molecule has 0 radical (unpaired) electrons. The van der Waals surface area contributed by atoms with Crippen molar-refractivity contribution in [3.8, 4) is 23.0 Å². The van der Waals surface area contributed by atoms with Gasteiger partial charge in [-0.25, -0.2) is 4.79 Å². The van der Waals surface area contributed by atoms with Gasteiger partial charge >= 0.3 is 5.97 Å². The number of para-hydroxylation sites is 4. The molecule has 3 aromatic rings. The van der Waals surface area contributed by atoms with Gasteiger partial charge in [-0.1, -0.05) is 60.7 Å². The van der Waals surface area contributed by atoms with E-state index in [1.165, 1.54) is 0 Å². The third-order valence-electron chi connectivity index (χ3n) is 6.27. The first-order valence-corrected chi connectivity index (χ1v) is 13.3. The minimum absolute atomic E-state index is 0.0126. The molecular formula is C32H36O8. The van der Waals surface area contributed by atoms with Crippen molar-refractivity contribution in [1.29, 1.82) is 0 Å². The van der Waals surface area contributed by atoms with E-state index in [1.807, 2.05) is 79.7 Å². The van der Waals surface area contributed by atoms with E-state index in [1.54, 1.807) is 6.92 Å². The molecule has 0 saturated carbocycles. The van der Waals surface area contributed by atoms with Crippen LogP contribution in [0, 0.1) is 0 Å². The number of carbonyl (C=O) groups is 1. The number of esters is 1. The molecule has 4 rings (SSSR count). The predicted molar refractivity (Wildman–Crippen MR) is 151 cm³/mol. The van der Waals surface area contributed by atoms with Gasteiger partial charge in [-0.3, -0.25) is 0 Å². The molecule has 0 atom stereocenters. The van der Waals surface area contributed by atoms with Crippen LogP contribution in [0.2, 0.25) is 0 Å². The lowest BCUT2D eigenvalue weighted by Gasteiger charge is -2.34. The lowest BCUT2D eigenvalue weighted by molar-refractivity contribution is -0.162. The molecule has 0 aliphatic carbocycles. The molecule has 8 nitrogen and oxygen atoms in total. The minimum atomic E-state index is -1.21. The molecule has 0 fully saturated rings. The second kappa shape index (κ2) is 14.4. The van der Waals surface area contributed by atoms with Gasteiger partial charge in [-0.2, -0.15) is 0 Å². The first-order valence-electron chi connectivity index (χ1n) is 13.3. The highest BCUT2D eigenvalue weighted by Crippen LogP contribution is 2.35. The molecule has 1 heterocycles. The summed E-state index contributed by atoms with van der Waals surface area (Å²) in [5.74, 6) is 1.71. The first kappa shape index (κ1) is 29.0. The molecule has 40 heavy (non-hydrogen) atoms. The van der Waals surface area contributed by atoms with Gasteiger partial charge in [0.05, 0.1) is 19.8 Å².